The molecule has 0 unspecified atom stereocenters. The first-order valence-corrected chi connectivity index (χ1v) is 5.25. The van der Waals surface area contributed by atoms with Crippen LogP contribution in [-0.2, 0) is 19.1 Å². The first-order valence-electron chi connectivity index (χ1n) is 5.25. The van der Waals surface area contributed by atoms with Crippen molar-refractivity contribution in [3.63, 3.8) is 0 Å². The van der Waals surface area contributed by atoms with E-state index in [2.05, 4.69) is 0 Å². The van der Waals surface area contributed by atoms with Crippen molar-refractivity contribution in [3.05, 3.63) is 42.0 Å². The number of esters is 2. The first-order chi connectivity index (χ1) is 8.13. The van der Waals surface area contributed by atoms with E-state index in [1.807, 2.05) is 6.07 Å². The Labute approximate surface area is 99.8 Å². The number of hydrogen-bond acceptors (Lipinski definition) is 4. The van der Waals surface area contributed by atoms with Crippen LogP contribution in [0.1, 0.15) is 19.4 Å². The van der Waals surface area contributed by atoms with E-state index in [1.54, 1.807) is 31.2 Å². The number of ether oxygens (including phenoxy) is 2. The quantitative estimate of drug-likeness (QED) is 0.455. The van der Waals surface area contributed by atoms with Gasteiger partial charge in [0.05, 0.1) is 12.7 Å². The molecule has 0 aromatic heterocycles. The summed E-state index contributed by atoms with van der Waals surface area (Å²) < 4.78 is 9.74. The maximum Gasteiger partial charge on any atom is 0.334 e. The third-order valence-corrected chi connectivity index (χ3v) is 1.85. The highest BCUT2D eigenvalue weighted by Crippen LogP contribution is 2.15. The molecule has 4 heteroatoms. The Hall–Kier alpha value is -2.10. The molecule has 0 fully saturated rings. The SMILES string of the molecule is CCOC(=O)/C=C(\OC(C)=O)c1ccccc1. The van der Waals surface area contributed by atoms with Gasteiger partial charge in [-0.25, -0.2) is 4.79 Å². The lowest BCUT2D eigenvalue weighted by atomic mass is 10.2. The van der Waals surface area contributed by atoms with Gasteiger partial charge in [-0.1, -0.05) is 30.3 Å². The average molecular weight is 234 g/mol. The maximum atomic E-state index is 11.3. The first kappa shape index (κ1) is 13.0. The second-order valence-corrected chi connectivity index (χ2v) is 3.22. The van der Waals surface area contributed by atoms with Crippen molar-refractivity contribution in [1.29, 1.82) is 0 Å². The third kappa shape index (κ3) is 4.51. The highest BCUT2D eigenvalue weighted by Gasteiger charge is 2.08. The minimum Gasteiger partial charge on any atom is -0.463 e. The summed E-state index contributed by atoms with van der Waals surface area (Å²) in [5.41, 5.74) is 0.649. The Morgan fingerprint density at radius 1 is 1.24 bits per heavy atom. The molecule has 0 N–H and O–H groups in total. The second-order valence-electron chi connectivity index (χ2n) is 3.22. The molecular weight excluding hydrogens is 220 g/mol. The standard InChI is InChI=1S/C13H14O4/c1-3-16-13(15)9-12(17-10(2)14)11-7-5-4-6-8-11/h4-9H,3H2,1-2H3/b12-9-. The molecule has 0 aliphatic heterocycles. The van der Waals surface area contributed by atoms with Crippen LogP contribution in [0.25, 0.3) is 5.76 Å². The maximum absolute atomic E-state index is 11.3. The fourth-order valence-corrected chi connectivity index (χ4v) is 1.22. The summed E-state index contributed by atoms with van der Waals surface area (Å²) in [6.07, 6.45) is 1.17. The van der Waals surface area contributed by atoms with Crippen molar-refractivity contribution in [2.75, 3.05) is 6.61 Å². The van der Waals surface area contributed by atoms with E-state index in [4.69, 9.17) is 9.47 Å². The summed E-state index contributed by atoms with van der Waals surface area (Å²) in [4.78, 5) is 22.3. The van der Waals surface area contributed by atoms with E-state index >= 15 is 0 Å². The zero-order chi connectivity index (χ0) is 12.7. The number of carbonyl (C=O) groups excluding carboxylic acids is 2. The number of carbonyl (C=O) groups is 2. The van der Waals surface area contributed by atoms with Gasteiger partial charge in [0.1, 0.15) is 5.76 Å². The van der Waals surface area contributed by atoms with Gasteiger partial charge in [0, 0.05) is 12.5 Å². The summed E-state index contributed by atoms with van der Waals surface area (Å²) in [6.45, 7) is 3.26. The molecule has 17 heavy (non-hydrogen) atoms. The average Bonchev–Trinajstić information content (AvgIpc) is 2.29. The summed E-state index contributed by atoms with van der Waals surface area (Å²) in [6, 6.07) is 8.90. The molecule has 0 saturated carbocycles. The van der Waals surface area contributed by atoms with E-state index in [1.165, 1.54) is 13.0 Å². The predicted octanol–water partition coefficient (Wildman–Crippen LogP) is 2.15. The third-order valence-electron chi connectivity index (χ3n) is 1.85. The lowest BCUT2D eigenvalue weighted by molar-refractivity contribution is -0.137. The van der Waals surface area contributed by atoms with Crippen LogP contribution < -0.4 is 0 Å². The van der Waals surface area contributed by atoms with Crippen LogP contribution in [0.15, 0.2) is 36.4 Å². The van der Waals surface area contributed by atoms with Gasteiger partial charge in [0.15, 0.2) is 0 Å². The van der Waals surface area contributed by atoms with Gasteiger partial charge < -0.3 is 9.47 Å². The van der Waals surface area contributed by atoms with Crippen molar-refractivity contribution < 1.29 is 19.1 Å². The van der Waals surface area contributed by atoms with Gasteiger partial charge in [-0.3, -0.25) is 4.79 Å². The van der Waals surface area contributed by atoms with E-state index in [-0.39, 0.29) is 12.4 Å². The van der Waals surface area contributed by atoms with Gasteiger partial charge in [-0.15, -0.1) is 0 Å². The van der Waals surface area contributed by atoms with Crippen LogP contribution in [0.5, 0.6) is 0 Å². The van der Waals surface area contributed by atoms with E-state index in [0.717, 1.165) is 0 Å². The number of rotatable bonds is 4. The molecule has 1 rings (SSSR count). The predicted molar refractivity (Wildman–Crippen MR) is 62.8 cm³/mol. The Kier molecular flexibility index (Phi) is 4.94. The molecule has 1 aromatic rings. The summed E-state index contributed by atoms with van der Waals surface area (Å²) >= 11 is 0. The Bertz CT molecular complexity index is 420. The van der Waals surface area contributed by atoms with Crippen LogP contribution in [0.4, 0.5) is 0 Å². The van der Waals surface area contributed by atoms with Crippen molar-refractivity contribution in [2.24, 2.45) is 0 Å². The molecule has 0 radical (unpaired) electrons. The lowest BCUT2D eigenvalue weighted by Gasteiger charge is -2.06. The minimum absolute atomic E-state index is 0.191. The molecule has 0 amide bonds. The zero-order valence-corrected chi connectivity index (χ0v) is 9.80. The van der Waals surface area contributed by atoms with Gasteiger partial charge in [-0.05, 0) is 6.92 Å². The van der Waals surface area contributed by atoms with Crippen molar-refractivity contribution in [3.8, 4) is 0 Å². The van der Waals surface area contributed by atoms with E-state index in [0.29, 0.717) is 5.56 Å². The van der Waals surface area contributed by atoms with Crippen molar-refractivity contribution >= 4 is 17.7 Å². The highest BCUT2D eigenvalue weighted by molar-refractivity contribution is 5.91. The van der Waals surface area contributed by atoms with Gasteiger partial charge in [-0.2, -0.15) is 0 Å². The van der Waals surface area contributed by atoms with Gasteiger partial charge in [0.2, 0.25) is 0 Å². The molecular formula is C13H14O4. The Morgan fingerprint density at radius 2 is 1.88 bits per heavy atom. The smallest absolute Gasteiger partial charge is 0.334 e. The van der Waals surface area contributed by atoms with Crippen LogP contribution in [0, 0.1) is 0 Å². The lowest BCUT2D eigenvalue weighted by Crippen LogP contribution is -2.04. The fourth-order valence-electron chi connectivity index (χ4n) is 1.22. The normalized spacial score (nSPS) is 10.8. The minimum atomic E-state index is -0.535. The number of hydrogen-bond donors (Lipinski definition) is 0. The fraction of sp³-hybridized carbons (Fsp3) is 0.231. The molecule has 0 saturated heterocycles. The monoisotopic (exact) mass is 234 g/mol. The number of benzene rings is 1. The van der Waals surface area contributed by atoms with Crippen molar-refractivity contribution in [2.45, 2.75) is 13.8 Å². The molecule has 0 aliphatic rings. The molecule has 0 heterocycles. The molecule has 0 bridgehead atoms. The van der Waals surface area contributed by atoms with Crippen molar-refractivity contribution in [1.82, 2.24) is 0 Å². The molecule has 0 atom stereocenters. The van der Waals surface area contributed by atoms with Crippen LogP contribution in [0.3, 0.4) is 0 Å². The zero-order valence-electron chi connectivity index (χ0n) is 9.80. The van der Waals surface area contributed by atoms with Gasteiger partial charge in [0.25, 0.3) is 0 Å². The summed E-state index contributed by atoms with van der Waals surface area (Å²) in [5.74, 6) is -0.825. The second kappa shape index (κ2) is 6.48. The largest absolute Gasteiger partial charge is 0.463 e. The topological polar surface area (TPSA) is 52.6 Å². The highest BCUT2D eigenvalue weighted by atomic mass is 16.5. The Balaban J connectivity index is 2.96. The van der Waals surface area contributed by atoms with E-state index < -0.39 is 11.9 Å². The molecule has 90 valence electrons. The molecule has 0 spiro atoms. The molecule has 4 nitrogen and oxygen atoms in total. The summed E-state index contributed by atoms with van der Waals surface area (Å²) in [7, 11) is 0. The molecule has 0 aliphatic carbocycles. The van der Waals surface area contributed by atoms with Crippen LogP contribution in [0.2, 0.25) is 0 Å². The summed E-state index contributed by atoms with van der Waals surface area (Å²) in [5, 5.41) is 0. The van der Waals surface area contributed by atoms with Crippen LogP contribution in [-0.4, -0.2) is 18.5 Å². The Morgan fingerprint density at radius 3 is 2.41 bits per heavy atom. The molecule has 1 aromatic carbocycles. The van der Waals surface area contributed by atoms with Gasteiger partial charge >= 0.3 is 11.9 Å². The van der Waals surface area contributed by atoms with E-state index in [9.17, 15) is 9.59 Å². The van der Waals surface area contributed by atoms with Crippen LogP contribution >= 0.6 is 0 Å².